The minimum atomic E-state index is -0.829. The highest BCUT2D eigenvalue weighted by atomic mass is 16.6. The summed E-state index contributed by atoms with van der Waals surface area (Å²) in [6, 6.07) is 5.78. The SMILES string of the molecule is Nc1nc(NCC(O)CNc2ccc([N+](=O)[O-])cc2)nc(N)c1N=O. The van der Waals surface area contributed by atoms with Crippen molar-refractivity contribution in [3.8, 4) is 0 Å². The van der Waals surface area contributed by atoms with Crippen molar-refractivity contribution < 1.29 is 10.0 Å². The Morgan fingerprint density at radius 2 is 1.72 bits per heavy atom. The van der Waals surface area contributed by atoms with Gasteiger partial charge in [-0.2, -0.15) is 9.97 Å². The van der Waals surface area contributed by atoms with Gasteiger partial charge in [-0.1, -0.05) is 0 Å². The molecule has 2 aromatic rings. The molecule has 1 atom stereocenters. The van der Waals surface area contributed by atoms with Gasteiger partial charge in [0, 0.05) is 30.9 Å². The van der Waals surface area contributed by atoms with Gasteiger partial charge in [0.2, 0.25) is 5.95 Å². The van der Waals surface area contributed by atoms with E-state index < -0.39 is 11.0 Å². The summed E-state index contributed by atoms with van der Waals surface area (Å²) in [5, 5.41) is 28.8. The summed E-state index contributed by atoms with van der Waals surface area (Å²) in [7, 11) is 0. The topological polar surface area (TPSA) is 195 Å². The number of aliphatic hydroxyl groups excluding tert-OH is 1. The van der Waals surface area contributed by atoms with Crippen LogP contribution in [0.1, 0.15) is 0 Å². The first kappa shape index (κ1) is 17.8. The Balaban J connectivity index is 1.85. The number of aromatic nitrogens is 2. The van der Waals surface area contributed by atoms with Crippen molar-refractivity contribution in [2.24, 2.45) is 5.18 Å². The zero-order chi connectivity index (χ0) is 18.4. The molecule has 0 amide bonds. The van der Waals surface area contributed by atoms with Crippen molar-refractivity contribution in [2.45, 2.75) is 6.10 Å². The van der Waals surface area contributed by atoms with Gasteiger partial charge in [0.05, 0.1) is 11.0 Å². The number of aliphatic hydroxyl groups is 1. The van der Waals surface area contributed by atoms with E-state index in [9.17, 15) is 20.1 Å². The van der Waals surface area contributed by atoms with Crippen LogP contribution in [-0.4, -0.2) is 39.2 Å². The Morgan fingerprint density at radius 3 is 2.24 bits per heavy atom. The number of benzene rings is 1. The van der Waals surface area contributed by atoms with E-state index in [1.54, 1.807) is 0 Å². The molecule has 12 heteroatoms. The molecular weight excluding hydrogens is 332 g/mol. The molecule has 0 aliphatic rings. The number of nitro groups is 1. The molecule has 1 aromatic carbocycles. The average Bonchev–Trinajstić information content (AvgIpc) is 2.58. The number of nitrogens with two attached hydrogens (primary N) is 2. The van der Waals surface area contributed by atoms with Crippen molar-refractivity contribution in [3.05, 3.63) is 39.3 Å². The monoisotopic (exact) mass is 348 g/mol. The molecule has 0 fully saturated rings. The van der Waals surface area contributed by atoms with Crippen LogP contribution in [0.15, 0.2) is 29.4 Å². The summed E-state index contributed by atoms with van der Waals surface area (Å²) >= 11 is 0. The summed E-state index contributed by atoms with van der Waals surface area (Å²) < 4.78 is 0. The number of hydrogen-bond acceptors (Lipinski definition) is 11. The van der Waals surface area contributed by atoms with E-state index in [4.69, 9.17) is 11.5 Å². The predicted molar refractivity (Wildman–Crippen MR) is 92.4 cm³/mol. The molecule has 0 aliphatic carbocycles. The number of nitro benzene ring substituents is 1. The zero-order valence-corrected chi connectivity index (χ0v) is 12.9. The van der Waals surface area contributed by atoms with E-state index in [0.29, 0.717) is 5.69 Å². The maximum Gasteiger partial charge on any atom is 0.269 e. The number of anilines is 4. The van der Waals surface area contributed by atoms with Gasteiger partial charge in [-0.3, -0.25) is 10.1 Å². The van der Waals surface area contributed by atoms with Crippen LogP contribution in [-0.2, 0) is 0 Å². The third-order valence-electron chi connectivity index (χ3n) is 3.14. The number of nitrogens with one attached hydrogen (secondary N) is 2. The number of nitroso groups, excluding NO2 is 1. The van der Waals surface area contributed by atoms with Gasteiger partial charge in [0.15, 0.2) is 17.3 Å². The van der Waals surface area contributed by atoms with E-state index in [2.05, 4.69) is 25.8 Å². The molecule has 12 nitrogen and oxygen atoms in total. The molecule has 0 saturated heterocycles. The van der Waals surface area contributed by atoms with Crippen molar-refractivity contribution in [3.63, 3.8) is 0 Å². The molecule has 132 valence electrons. The number of non-ortho nitro benzene ring substituents is 1. The molecule has 0 radical (unpaired) electrons. The Bertz CT molecular complexity index is 744. The number of nitrogens with zero attached hydrogens (tertiary/aromatic N) is 4. The van der Waals surface area contributed by atoms with Crippen molar-refractivity contribution >= 4 is 34.6 Å². The molecule has 0 aliphatic heterocycles. The van der Waals surface area contributed by atoms with Gasteiger partial charge >= 0.3 is 0 Å². The fourth-order valence-corrected chi connectivity index (χ4v) is 1.88. The first-order valence-corrected chi connectivity index (χ1v) is 7.07. The Labute approximate surface area is 141 Å². The van der Waals surface area contributed by atoms with E-state index in [-0.39, 0.29) is 42.0 Å². The number of nitrogen functional groups attached to an aromatic ring is 2. The third-order valence-corrected chi connectivity index (χ3v) is 3.14. The van der Waals surface area contributed by atoms with Crippen LogP contribution < -0.4 is 22.1 Å². The smallest absolute Gasteiger partial charge is 0.269 e. The highest BCUT2D eigenvalue weighted by Crippen LogP contribution is 2.26. The fourth-order valence-electron chi connectivity index (χ4n) is 1.88. The van der Waals surface area contributed by atoms with Gasteiger partial charge in [0.25, 0.3) is 5.69 Å². The minimum Gasteiger partial charge on any atom is -0.389 e. The molecule has 0 saturated carbocycles. The molecule has 1 aromatic heterocycles. The van der Waals surface area contributed by atoms with E-state index in [1.807, 2.05) is 0 Å². The molecule has 2 rings (SSSR count). The predicted octanol–water partition coefficient (Wildman–Crippen LogP) is 0.832. The highest BCUT2D eigenvalue weighted by Gasteiger charge is 2.12. The zero-order valence-electron chi connectivity index (χ0n) is 12.9. The van der Waals surface area contributed by atoms with Crippen LogP contribution >= 0.6 is 0 Å². The maximum absolute atomic E-state index is 10.6. The number of rotatable bonds is 8. The molecule has 25 heavy (non-hydrogen) atoms. The van der Waals surface area contributed by atoms with Gasteiger partial charge in [-0.15, -0.1) is 4.91 Å². The normalized spacial score (nSPS) is 11.6. The molecule has 7 N–H and O–H groups in total. The largest absolute Gasteiger partial charge is 0.389 e. The molecule has 1 unspecified atom stereocenters. The summed E-state index contributed by atoms with van der Waals surface area (Å²) in [6.07, 6.45) is -0.829. The van der Waals surface area contributed by atoms with Crippen LogP contribution in [0.5, 0.6) is 0 Å². The lowest BCUT2D eigenvalue weighted by Crippen LogP contribution is -2.28. The molecule has 0 spiro atoms. The quantitative estimate of drug-likeness (QED) is 0.259. The van der Waals surface area contributed by atoms with Gasteiger partial charge < -0.3 is 27.2 Å². The lowest BCUT2D eigenvalue weighted by molar-refractivity contribution is -0.384. The summed E-state index contributed by atoms with van der Waals surface area (Å²) in [5.74, 6) is -0.274. The number of hydrogen-bond donors (Lipinski definition) is 5. The summed E-state index contributed by atoms with van der Waals surface area (Å²) in [5.41, 5.74) is 11.4. The lowest BCUT2D eigenvalue weighted by Gasteiger charge is -2.14. The second-order valence-electron chi connectivity index (χ2n) is 4.98. The van der Waals surface area contributed by atoms with Crippen LogP contribution in [0, 0.1) is 15.0 Å². The van der Waals surface area contributed by atoms with Gasteiger partial charge in [-0.25, -0.2) is 0 Å². The first-order valence-electron chi connectivity index (χ1n) is 7.07. The second kappa shape index (κ2) is 7.83. The van der Waals surface area contributed by atoms with E-state index >= 15 is 0 Å². The average molecular weight is 348 g/mol. The van der Waals surface area contributed by atoms with E-state index in [1.165, 1.54) is 24.3 Å². The van der Waals surface area contributed by atoms with Crippen LogP contribution in [0.3, 0.4) is 0 Å². The van der Waals surface area contributed by atoms with Gasteiger partial charge in [-0.05, 0) is 17.3 Å². The fraction of sp³-hybridized carbons (Fsp3) is 0.231. The second-order valence-corrected chi connectivity index (χ2v) is 4.98. The van der Waals surface area contributed by atoms with Crippen LogP contribution in [0.25, 0.3) is 0 Å². The molecule has 0 bridgehead atoms. The molecular formula is C13H16N8O4. The summed E-state index contributed by atoms with van der Waals surface area (Å²) in [6.45, 7) is 0.247. The van der Waals surface area contributed by atoms with E-state index in [0.717, 1.165) is 0 Å². The highest BCUT2D eigenvalue weighted by molar-refractivity contribution is 5.71. The Morgan fingerprint density at radius 1 is 1.16 bits per heavy atom. The van der Waals surface area contributed by atoms with Crippen LogP contribution in [0.4, 0.5) is 34.6 Å². The third kappa shape index (κ3) is 4.71. The van der Waals surface area contributed by atoms with Crippen molar-refractivity contribution in [1.29, 1.82) is 0 Å². The summed E-state index contributed by atoms with van der Waals surface area (Å²) in [4.78, 5) is 28.2. The first-order chi connectivity index (χ1) is 11.9. The van der Waals surface area contributed by atoms with Gasteiger partial charge in [0.1, 0.15) is 0 Å². The molecule has 1 heterocycles. The Kier molecular flexibility index (Phi) is 5.58. The maximum atomic E-state index is 10.6. The minimum absolute atomic E-state index is 0.0200. The lowest BCUT2D eigenvalue weighted by atomic mass is 10.2. The Hall–Kier alpha value is -3.54. The van der Waals surface area contributed by atoms with Crippen molar-refractivity contribution in [1.82, 2.24) is 9.97 Å². The van der Waals surface area contributed by atoms with Crippen molar-refractivity contribution in [2.75, 3.05) is 35.2 Å². The van der Waals surface area contributed by atoms with Crippen LogP contribution in [0.2, 0.25) is 0 Å². The standard InChI is InChI=1S/C13H16N8O4/c14-11-10(20-23)12(15)19-13(18-11)17-6-9(22)5-16-7-1-3-8(4-2-7)21(24)25/h1-4,9,16,22H,5-6H2,(H5,14,15,17,18,19).